The molecule has 0 amide bonds. The average molecular weight is 395 g/mol. The number of allylic oxidation sites excluding steroid dienone is 5. The maximum Gasteiger partial charge on any atom is 0.303 e. The van der Waals surface area contributed by atoms with Gasteiger partial charge >= 0.3 is 5.97 Å². The third kappa shape index (κ3) is 10.6. The first-order valence-electron chi connectivity index (χ1n) is 9.98. The Bertz CT molecular complexity index is 551. The summed E-state index contributed by atoms with van der Waals surface area (Å²) in [6, 6.07) is 0. The molecular formula is C22H34O6. The molecule has 0 aliphatic carbocycles. The van der Waals surface area contributed by atoms with Gasteiger partial charge in [0.25, 0.3) is 0 Å². The van der Waals surface area contributed by atoms with Crippen LogP contribution < -0.4 is 0 Å². The molecule has 0 spiro atoms. The van der Waals surface area contributed by atoms with Gasteiger partial charge < -0.3 is 25.2 Å². The second kappa shape index (κ2) is 14.3. The molecule has 1 heterocycles. The standard InChI is InChI=1S/C22H34O6/c1-2-3-4-5-6-7-8-9-10-11-17(23)12-14-20-19(25)16-21(28-20)18(24)13-15-22(26)27/h3-4,6-7,9-10,12,14,17-21,23-25H,2,5,8,11,13,15-16H2,1H3,(H,26,27)/b4-3-,7-6-,10-9-,14-12+/t17-,18-,19+,20-,21+/m1/s1. The molecule has 0 aromatic rings. The van der Waals surface area contributed by atoms with Crippen LogP contribution in [0.4, 0.5) is 0 Å². The van der Waals surface area contributed by atoms with E-state index < -0.39 is 36.5 Å². The van der Waals surface area contributed by atoms with Crippen LogP contribution in [0.25, 0.3) is 0 Å². The van der Waals surface area contributed by atoms with Crippen LogP contribution in [-0.4, -0.2) is 56.9 Å². The number of hydrogen-bond acceptors (Lipinski definition) is 5. The fourth-order valence-electron chi connectivity index (χ4n) is 2.86. The van der Waals surface area contributed by atoms with Gasteiger partial charge in [-0.1, -0.05) is 55.5 Å². The van der Waals surface area contributed by atoms with Crippen molar-refractivity contribution in [2.45, 2.75) is 82.4 Å². The number of carbonyl (C=O) groups is 1. The minimum Gasteiger partial charge on any atom is -0.481 e. The van der Waals surface area contributed by atoms with Crippen molar-refractivity contribution in [3.05, 3.63) is 48.6 Å². The number of ether oxygens (including phenoxy) is 1. The topological polar surface area (TPSA) is 107 Å². The molecule has 6 nitrogen and oxygen atoms in total. The maximum absolute atomic E-state index is 10.6. The molecule has 0 bridgehead atoms. The van der Waals surface area contributed by atoms with E-state index in [1.54, 1.807) is 12.2 Å². The lowest BCUT2D eigenvalue weighted by molar-refractivity contribution is -0.138. The van der Waals surface area contributed by atoms with E-state index in [9.17, 15) is 20.1 Å². The van der Waals surface area contributed by atoms with Crippen molar-refractivity contribution in [1.29, 1.82) is 0 Å². The summed E-state index contributed by atoms with van der Waals surface area (Å²) in [5, 5.41) is 38.7. The fourth-order valence-corrected chi connectivity index (χ4v) is 2.86. The second-order valence-corrected chi connectivity index (χ2v) is 6.92. The molecule has 6 heteroatoms. The van der Waals surface area contributed by atoms with E-state index in [4.69, 9.17) is 9.84 Å². The molecule has 0 aromatic heterocycles. The summed E-state index contributed by atoms with van der Waals surface area (Å²) >= 11 is 0. The molecule has 5 atom stereocenters. The zero-order chi connectivity index (χ0) is 20.8. The quantitative estimate of drug-likeness (QED) is 0.358. The van der Waals surface area contributed by atoms with Crippen LogP contribution in [-0.2, 0) is 9.53 Å². The van der Waals surface area contributed by atoms with Crippen molar-refractivity contribution in [3.63, 3.8) is 0 Å². The molecule has 1 rings (SSSR count). The van der Waals surface area contributed by atoms with Crippen molar-refractivity contribution < 1.29 is 30.0 Å². The third-order valence-corrected chi connectivity index (χ3v) is 4.45. The highest BCUT2D eigenvalue weighted by molar-refractivity contribution is 5.66. The Hall–Kier alpha value is -1.73. The summed E-state index contributed by atoms with van der Waals surface area (Å²) in [7, 11) is 0. The lowest BCUT2D eigenvalue weighted by Crippen LogP contribution is -2.26. The third-order valence-electron chi connectivity index (χ3n) is 4.45. The highest BCUT2D eigenvalue weighted by Gasteiger charge is 2.36. The number of aliphatic hydroxyl groups excluding tert-OH is 3. The Morgan fingerprint density at radius 1 is 1.11 bits per heavy atom. The van der Waals surface area contributed by atoms with Gasteiger partial charge in [0, 0.05) is 12.8 Å². The molecule has 28 heavy (non-hydrogen) atoms. The zero-order valence-corrected chi connectivity index (χ0v) is 16.6. The molecule has 1 aliphatic heterocycles. The monoisotopic (exact) mass is 394 g/mol. The smallest absolute Gasteiger partial charge is 0.303 e. The molecule has 0 aromatic carbocycles. The van der Waals surface area contributed by atoms with Gasteiger partial charge in [-0.05, 0) is 32.1 Å². The van der Waals surface area contributed by atoms with Crippen LogP contribution in [0.1, 0.15) is 51.9 Å². The van der Waals surface area contributed by atoms with Crippen molar-refractivity contribution in [2.75, 3.05) is 0 Å². The van der Waals surface area contributed by atoms with Gasteiger partial charge in [0.05, 0.1) is 24.4 Å². The Labute approximate surface area is 167 Å². The molecule has 1 fully saturated rings. The Morgan fingerprint density at radius 2 is 1.75 bits per heavy atom. The van der Waals surface area contributed by atoms with Crippen LogP contribution in [0, 0.1) is 0 Å². The van der Waals surface area contributed by atoms with Crippen LogP contribution in [0.2, 0.25) is 0 Å². The van der Waals surface area contributed by atoms with Crippen LogP contribution >= 0.6 is 0 Å². The molecule has 4 N–H and O–H groups in total. The molecule has 0 unspecified atom stereocenters. The van der Waals surface area contributed by atoms with Crippen molar-refractivity contribution in [3.8, 4) is 0 Å². The minimum absolute atomic E-state index is 0.0832. The van der Waals surface area contributed by atoms with Crippen molar-refractivity contribution >= 4 is 5.97 Å². The van der Waals surface area contributed by atoms with E-state index >= 15 is 0 Å². The molecule has 158 valence electrons. The van der Waals surface area contributed by atoms with Crippen LogP contribution in [0.5, 0.6) is 0 Å². The van der Waals surface area contributed by atoms with E-state index in [1.165, 1.54) is 0 Å². The number of carboxylic acids is 1. The summed E-state index contributed by atoms with van der Waals surface area (Å²) < 4.78 is 5.59. The summed E-state index contributed by atoms with van der Waals surface area (Å²) in [5.74, 6) is -0.978. The van der Waals surface area contributed by atoms with Crippen molar-refractivity contribution in [1.82, 2.24) is 0 Å². The summed E-state index contributed by atoms with van der Waals surface area (Å²) in [6.07, 6.45) is 15.4. The highest BCUT2D eigenvalue weighted by Crippen LogP contribution is 2.25. The first-order chi connectivity index (χ1) is 13.4. The van der Waals surface area contributed by atoms with Gasteiger partial charge in [-0.15, -0.1) is 0 Å². The Balaban J connectivity index is 2.29. The van der Waals surface area contributed by atoms with E-state index in [1.807, 2.05) is 12.2 Å². The van der Waals surface area contributed by atoms with Crippen LogP contribution in [0.3, 0.4) is 0 Å². The predicted octanol–water partition coefficient (Wildman–Crippen LogP) is 2.90. The van der Waals surface area contributed by atoms with E-state index in [0.29, 0.717) is 6.42 Å². The fraction of sp³-hybridized carbons (Fsp3) is 0.591. The van der Waals surface area contributed by atoms with Gasteiger partial charge in [-0.3, -0.25) is 4.79 Å². The van der Waals surface area contributed by atoms with E-state index in [0.717, 1.165) is 19.3 Å². The van der Waals surface area contributed by atoms with Crippen LogP contribution in [0.15, 0.2) is 48.6 Å². The van der Waals surface area contributed by atoms with Gasteiger partial charge in [-0.25, -0.2) is 0 Å². The molecule has 1 aliphatic rings. The van der Waals surface area contributed by atoms with E-state index in [2.05, 4.69) is 31.2 Å². The largest absolute Gasteiger partial charge is 0.481 e. The molecule has 0 radical (unpaired) electrons. The summed E-state index contributed by atoms with van der Waals surface area (Å²) in [5.41, 5.74) is 0. The SMILES string of the molecule is CC/C=C\C/C=C\C/C=C\C[C@@H](O)/C=C/[C@H]1O[C@H]([C@H](O)CCC(=O)O)C[C@@H]1O. The molecule has 0 saturated carbocycles. The maximum atomic E-state index is 10.6. The minimum atomic E-state index is -0.978. The number of carboxylic acid groups (broad SMARTS) is 1. The summed E-state index contributed by atoms with van der Waals surface area (Å²) in [4.78, 5) is 10.6. The molecular weight excluding hydrogens is 360 g/mol. The first kappa shape index (κ1) is 24.3. The predicted molar refractivity (Wildman–Crippen MR) is 109 cm³/mol. The highest BCUT2D eigenvalue weighted by atomic mass is 16.5. The van der Waals surface area contributed by atoms with Gasteiger partial charge in [0.2, 0.25) is 0 Å². The zero-order valence-electron chi connectivity index (χ0n) is 16.6. The van der Waals surface area contributed by atoms with Gasteiger partial charge in [0.1, 0.15) is 6.10 Å². The van der Waals surface area contributed by atoms with Crippen molar-refractivity contribution in [2.24, 2.45) is 0 Å². The lowest BCUT2D eigenvalue weighted by Gasteiger charge is -2.17. The average Bonchev–Trinajstić information content (AvgIpc) is 3.04. The second-order valence-electron chi connectivity index (χ2n) is 6.92. The lowest BCUT2D eigenvalue weighted by atomic mass is 10.0. The Morgan fingerprint density at radius 3 is 2.39 bits per heavy atom. The normalized spacial score (nSPS) is 25.5. The molecule has 1 saturated heterocycles. The number of hydrogen-bond donors (Lipinski definition) is 4. The number of rotatable bonds is 13. The van der Waals surface area contributed by atoms with Gasteiger partial charge in [0.15, 0.2) is 0 Å². The van der Waals surface area contributed by atoms with E-state index in [-0.39, 0.29) is 19.3 Å². The summed E-state index contributed by atoms with van der Waals surface area (Å²) in [6.45, 7) is 2.10. The number of aliphatic carboxylic acids is 1. The Kier molecular flexibility index (Phi) is 12.4. The number of aliphatic hydroxyl groups is 3. The van der Waals surface area contributed by atoms with Gasteiger partial charge in [-0.2, -0.15) is 0 Å². The first-order valence-corrected chi connectivity index (χ1v) is 9.98.